The number of nitrogen functional groups attached to an aromatic ring is 1. The van der Waals surface area contributed by atoms with Gasteiger partial charge < -0.3 is 16.0 Å². The normalized spacial score (nSPS) is 10.2. The Hall–Kier alpha value is -2.63. The molecule has 0 unspecified atom stereocenters. The van der Waals surface area contributed by atoms with Crippen LogP contribution in [0.3, 0.4) is 0 Å². The highest BCUT2D eigenvalue weighted by atomic mass is 19.1. The number of carbonyl (C=O) groups is 1. The van der Waals surface area contributed by atoms with Crippen LogP contribution in [0.5, 0.6) is 0 Å². The second-order valence-electron chi connectivity index (χ2n) is 4.45. The number of aromatic nitrogens is 1. The highest BCUT2D eigenvalue weighted by Crippen LogP contribution is 2.22. The number of rotatable bonds is 3. The minimum absolute atomic E-state index is 0.0959. The smallest absolute Gasteiger partial charge is 0.257 e. The van der Waals surface area contributed by atoms with Gasteiger partial charge in [-0.3, -0.25) is 4.79 Å². The second kappa shape index (κ2) is 5.56. The molecule has 0 spiro atoms. The molecular formula is C14H15FN4O. The molecule has 0 fully saturated rings. The average molecular weight is 274 g/mol. The standard InChI is InChI=1S/C14H15FN4O/c1-19(2)13-12(4-3-7-17-13)18-14(20)10-8-9(15)5-6-11(10)16/h3-8H,16H2,1-2H3,(H,18,20). The molecule has 0 aliphatic heterocycles. The maximum Gasteiger partial charge on any atom is 0.257 e. The Morgan fingerprint density at radius 2 is 2.10 bits per heavy atom. The van der Waals surface area contributed by atoms with Gasteiger partial charge in [-0.1, -0.05) is 0 Å². The number of nitrogens with two attached hydrogens (primary N) is 1. The van der Waals surface area contributed by atoms with Crippen molar-refractivity contribution in [2.45, 2.75) is 0 Å². The summed E-state index contributed by atoms with van der Waals surface area (Å²) in [5.74, 6) is -0.378. The molecule has 0 bridgehead atoms. The molecule has 1 heterocycles. The van der Waals surface area contributed by atoms with Gasteiger partial charge >= 0.3 is 0 Å². The molecule has 104 valence electrons. The van der Waals surface area contributed by atoms with Crippen LogP contribution in [0, 0.1) is 5.82 Å². The highest BCUT2D eigenvalue weighted by Gasteiger charge is 2.14. The zero-order valence-corrected chi connectivity index (χ0v) is 11.2. The van der Waals surface area contributed by atoms with Gasteiger partial charge in [0.15, 0.2) is 5.82 Å². The van der Waals surface area contributed by atoms with Crippen molar-refractivity contribution >= 4 is 23.1 Å². The minimum atomic E-state index is -0.511. The fourth-order valence-corrected chi connectivity index (χ4v) is 1.77. The number of halogens is 1. The fourth-order valence-electron chi connectivity index (χ4n) is 1.77. The van der Waals surface area contributed by atoms with Crippen LogP contribution in [0.4, 0.5) is 21.6 Å². The van der Waals surface area contributed by atoms with Crippen LogP contribution in [0.1, 0.15) is 10.4 Å². The number of carbonyl (C=O) groups excluding carboxylic acids is 1. The summed E-state index contributed by atoms with van der Waals surface area (Å²) < 4.78 is 13.2. The molecule has 3 N–H and O–H groups in total. The fraction of sp³-hybridized carbons (Fsp3) is 0.143. The topological polar surface area (TPSA) is 71.2 Å². The molecule has 1 amide bonds. The monoisotopic (exact) mass is 274 g/mol. The van der Waals surface area contributed by atoms with Gasteiger partial charge in [-0.05, 0) is 30.3 Å². The average Bonchev–Trinajstić information content (AvgIpc) is 2.41. The molecule has 5 nitrogen and oxygen atoms in total. The van der Waals surface area contributed by atoms with E-state index in [1.54, 1.807) is 23.2 Å². The molecule has 0 saturated carbocycles. The quantitative estimate of drug-likeness (QED) is 0.841. The van der Waals surface area contributed by atoms with Gasteiger partial charge in [-0.25, -0.2) is 9.37 Å². The number of benzene rings is 1. The lowest BCUT2D eigenvalue weighted by Gasteiger charge is -2.16. The van der Waals surface area contributed by atoms with Crippen LogP contribution in [0.2, 0.25) is 0 Å². The molecule has 6 heteroatoms. The Morgan fingerprint density at radius 1 is 1.35 bits per heavy atom. The molecule has 0 saturated heterocycles. The zero-order valence-electron chi connectivity index (χ0n) is 11.2. The highest BCUT2D eigenvalue weighted by molar-refractivity contribution is 6.08. The molecule has 0 aliphatic carbocycles. The van der Waals surface area contributed by atoms with E-state index in [9.17, 15) is 9.18 Å². The van der Waals surface area contributed by atoms with Crippen LogP contribution in [0.15, 0.2) is 36.5 Å². The zero-order chi connectivity index (χ0) is 14.7. The number of nitrogens with one attached hydrogen (secondary N) is 1. The number of nitrogens with zero attached hydrogens (tertiary/aromatic N) is 2. The van der Waals surface area contributed by atoms with Gasteiger partial charge in [-0.15, -0.1) is 0 Å². The first-order chi connectivity index (χ1) is 9.49. The molecule has 0 atom stereocenters. The predicted molar refractivity (Wildman–Crippen MR) is 77.3 cm³/mol. The Labute approximate surface area is 116 Å². The van der Waals surface area contributed by atoms with E-state index < -0.39 is 11.7 Å². The lowest BCUT2D eigenvalue weighted by molar-refractivity contribution is 0.102. The van der Waals surface area contributed by atoms with Crippen molar-refractivity contribution in [1.82, 2.24) is 4.98 Å². The van der Waals surface area contributed by atoms with Gasteiger partial charge in [0.2, 0.25) is 0 Å². The number of anilines is 3. The van der Waals surface area contributed by atoms with Crippen LogP contribution >= 0.6 is 0 Å². The summed E-state index contributed by atoms with van der Waals surface area (Å²) in [6, 6.07) is 7.10. The Bertz CT molecular complexity index is 643. The second-order valence-corrected chi connectivity index (χ2v) is 4.45. The Morgan fingerprint density at radius 3 is 2.80 bits per heavy atom. The van der Waals surface area contributed by atoms with E-state index in [4.69, 9.17) is 5.73 Å². The van der Waals surface area contributed by atoms with Crippen molar-refractivity contribution in [3.8, 4) is 0 Å². The van der Waals surface area contributed by atoms with E-state index >= 15 is 0 Å². The summed E-state index contributed by atoms with van der Waals surface area (Å²) in [5, 5.41) is 2.69. The molecule has 1 aromatic carbocycles. The molecule has 2 aromatic rings. The maximum absolute atomic E-state index is 13.2. The van der Waals surface area contributed by atoms with Gasteiger partial charge in [0.05, 0.1) is 11.3 Å². The van der Waals surface area contributed by atoms with Crippen LogP contribution < -0.4 is 16.0 Å². The number of hydrogen-bond donors (Lipinski definition) is 2. The summed E-state index contributed by atoms with van der Waals surface area (Å²) >= 11 is 0. The summed E-state index contributed by atoms with van der Waals surface area (Å²) in [7, 11) is 3.63. The first-order valence-electron chi connectivity index (χ1n) is 5.97. The Kier molecular flexibility index (Phi) is 3.84. The number of hydrogen-bond acceptors (Lipinski definition) is 4. The third kappa shape index (κ3) is 2.85. The van der Waals surface area contributed by atoms with Crippen molar-refractivity contribution in [3.63, 3.8) is 0 Å². The molecule has 2 rings (SSSR count). The Balaban J connectivity index is 2.31. The van der Waals surface area contributed by atoms with Crippen molar-refractivity contribution in [3.05, 3.63) is 47.9 Å². The van der Waals surface area contributed by atoms with Crippen molar-refractivity contribution in [1.29, 1.82) is 0 Å². The number of pyridine rings is 1. The SMILES string of the molecule is CN(C)c1ncccc1NC(=O)c1cc(F)ccc1N. The van der Waals surface area contributed by atoms with Crippen LogP contribution in [0.25, 0.3) is 0 Å². The van der Waals surface area contributed by atoms with E-state index in [1.807, 2.05) is 14.1 Å². The van der Waals surface area contributed by atoms with Gasteiger partial charge in [0, 0.05) is 26.0 Å². The lowest BCUT2D eigenvalue weighted by Crippen LogP contribution is -2.18. The van der Waals surface area contributed by atoms with E-state index in [0.29, 0.717) is 11.5 Å². The molecule has 0 radical (unpaired) electrons. The molecule has 20 heavy (non-hydrogen) atoms. The first-order valence-corrected chi connectivity index (χ1v) is 5.97. The van der Waals surface area contributed by atoms with E-state index in [1.165, 1.54) is 12.1 Å². The lowest BCUT2D eigenvalue weighted by atomic mass is 10.1. The van der Waals surface area contributed by atoms with Crippen LogP contribution in [-0.2, 0) is 0 Å². The predicted octanol–water partition coefficient (Wildman–Crippen LogP) is 2.12. The molecular weight excluding hydrogens is 259 g/mol. The van der Waals surface area contributed by atoms with Crippen LogP contribution in [-0.4, -0.2) is 25.0 Å². The maximum atomic E-state index is 13.2. The summed E-state index contributed by atoms with van der Waals surface area (Å²) in [6.07, 6.45) is 1.63. The summed E-state index contributed by atoms with van der Waals surface area (Å²) in [4.78, 5) is 18.1. The van der Waals surface area contributed by atoms with Crippen molar-refractivity contribution in [2.24, 2.45) is 0 Å². The van der Waals surface area contributed by atoms with Gasteiger partial charge in [-0.2, -0.15) is 0 Å². The minimum Gasteiger partial charge on any atom is -0.398 e. The first kappa shape index (κ1) is 13.8. The number of amides is 1. The molecule has 1 aromatic heterocycles. The van der Waals surface area contributed by atoms with Crippen molar-refractivity contribution < 1.29 is 9.18 Å². The van der Waals surface area contributed by atoms with E-state index in [-0.39, 0.29) is 11.3 Å². The van der Waals surface area contributed by atoms with Gasteiger partial charge in [0.25, 0.3) is 5.91 Å². The van der Waals surface area contributed by atoms with E-state index in [2.05, 4.69) is 10.3 Å². The summed E-state index contributed by atoms with van der Waals surface area (Å²) in [6.45, 7) is 0. The van der Waals surface area contributed by atoms with E-state index in [0.717, 1.165) is 6.07 Å². The molecule has 0 aliphatic rings. The summed E-state index contributed by atoms with van der Waals surface area (Å²) in [5.41, 5.74) is 6.54. The third-order valence-electron chi connectivity index (χ3n) is 2.72. The van der Waals surface area contributed by atoms with Gasteiger partial charge in [0.1, 0.15) is 5.82 Å². The van der Waals surface area contributed by atoms with Crippen molar-refractivity contribution in [2.75, 3.05) is 30.0 Å². The third-order valence-corrected chi connectivity index (χ3v) is 2.72. The largest absolute Gasteiger partial charge is 0.398 e.